The van der Waals surface area contributed by atoms with Crippen molar-refractivity contribution in [2.45, 2.75) is 19.5 Å². The van der Waals surface area contributed by atoms with Gasteiger partial charge in [0.25, 0.3) is 0 Å². The first kappa shape index (κ1) is 19.3. The molecule has 3 rings (SSSR count). The van der Waals surface area contributed by atoms with E-state index in [1.165, 1.54) is 12.1 Å². The molecule has 1 aliphatic heterocycles. The minimum atomic E-state index is -0.985. The van der Waals surface area contributed by atoms with Crippen molar-refractivity contribution in [2.24, 2.45) is 0 Å². The lowest BCUT2D eigenvalue weighted by Crippen LogP contribution is -2.48. The number of carboxylic acids is 1. The second-order valence-electron chi connectivity index (χ2n) is 6.53. The molecule has 0 radical (unpaired) electrons. The number of carboxylic acid groups (broad SMARTS) is 1. The van der Waals surface area contributed by atoms with E-state index in [2.05, 4.69) is 9.88 Å². The van der Waals surface area contributed by atoms with E-state index in [0.29, 0.717) is 31.0 Å². The van der Waals surface area contributed by atoms with E-state index in [1.54, 1.807) is 19.2 Å². The number of hydrogen-bond donors (Lipinski definition) is 1. The van der Waals surface area contributed by atoms with Gasteiger partial charge in [-0.15, -0.1) is 0 Å². The van der Waals surface area contributed by atoms with Gasteiger partial charge < -0.3 is 9.84 Å². The highest BCUT2D eigenvalue weighted by Crippen LogP contribution is 2.27. The molecule has 1 fully saturated rings. The van der Waals surface area contributed by atoms with Crippen LogP contribution in [0.3, 0.4) is 0 Å². The maximum atomic E-state index is 13.9. The van der Waals surface area contributed by atoms with Crippen LogP contribution in [0.15, 0.2) is 42.6 Å². The van der Waals surface area contributed by atoms with E-state index in [0.717, 1.165) is 25.3 Å². The predicted octanol–water partition coefficient (Wildman–Crippen LogP) is 2.56. The van der Waals surface area contributed by atoms with E-state index < -0.39 is 17.8 Å². The molecule has 144 valence electrons. The van der Waals surface area contributed by atoms with Gasteiger partial charge in [-0.25, -0.2) is 4.39 Å². The molecule has 1 saturated heterocycles. The average molecular weight is 373 g/mol. The Morgan fingerprint density at radius 1 is 1.26 bits per heavy atom. The lowest BCUT2D eigenvalue weighted by molar-refractivity contribution is -0.144. The summed E-state index contributed by atoms with van der Waals surface area (Å²) in [6.07, 6.45) is 1.77. The van der Waals surface area contributed by atoms with Crippen LogP contribution in [0.2, 0.25) is 0 Å². The summed E-state index contributed by atoms with van der Waals surface area (Å²) in [6.45, 7) is 5.57. The fourth-order valence-corrected chi connectivity index (χ4v) is 3.40. The van der Waals surface area contributed by atoms with Gasteiger partial charge in [0.15, 0.2) is 0 Å². The number of ether oxygens (including phenoxy) is 1. The molecular formula is C20H24FN3O3. The highest BCUT2D eigenvalue weighted by molar-refractivity contribution is 5.75. The maximum absolute atomic E-state index is 13.9. The Balaban J connectivity index is 1.69. The van der Waals surface area contributed by atoms with Crippen molar-refractivity contribution in [1.82, 2.24) is 14.8 Å². The fourth-order valence-electron chi connectivity index (χ4n) is 3.40. The summed E-state index contributed by atoms with van der Waals surface area (Å²) >= 11 is 0. The Morgan fingerprint density at radius 3 is 2.67 bits per heavy atom. The first-order valence-electron chi connectivity index (χ1n) is 9.09. The summed E-state index contributed by atoms with van der Waals surface area (Å²) in [7, 11) is 0. The van der Waals surface area contributed by atoms with Gasteiger partial charge in [0.05, 0.1) is 12.3 Å². The van der Waals surface area contributed by atoms with Gasteiger partial charge >= 0.3 is 5.97 Å². The van der Waals surface area contributed by atoms with Gasteiger partial charge in [-0.05, 0) is 36.8 Å². The lowest BCUT2D eigenvalue weighted by atomic mass is 10.0. The number of hydrogen-bond acceptors (Lipinski definition) is 5. The standard InChI is InChI=1S/C20H24FN3O3/c1-2-27-18-12-15(11-16(21)13-18)19(20(25)26)24-9-7-23(8-10-24)14-17-5-3-4-6-22-17/h3-6,11-13,19H,2,7-10,14H2,1H3,(H,25,26)/t19-/m0/s1. The zero-order chi connectivity index (χ0) is 19.2. The summed E-state index contributed by atoms with van der Waals surface area (Å²) in [5, 5.41) is 9.76. The summed E-state index contributed by atoms with van der Waals surface area (Å²) in [6, 6.07) is 9.10. The van der Waals surface area contributed by atoms with Crippen molar-refractivity contribution in [3.8, 4) is 5.75 Å². The molecule has 2 aromatic rings. The van der Waals surface area contributed by atoms with Crippen LogP contribution in [0.1, 0.15) is 24.2 Å². The molecule has 0 unspecified atom stereocenters. The fraction of sp³-hybridized carbons (Fsp3) is 0.400. The second-order valence-corrected chi connectivity index (χ2v) is 6.53. The minimum Gasteiger partial charge on any atom is -0.494 e. The first-order chi connectivity index (χ1) is 13.1. The number of pyridine rings is 1. The molecule has 0 bridgehead atoms. The quantitative estimate of drug-likeness (QED) is 0.805. The molecule has 0 spiro atoms. The zero-order valence-electron chi connectivity index (χ0n) is 15.3. The monoisotopic (exact) mass is 373 g/mol. The maximum Gasteiger partial charge on any atom is 0.325 e. The first-order valence-corrected chi connectivity index (χ1v) is 9.09. The van der Waals surface area contributed by atoms with Crippen molar-refractivity contribution in [1.29, 1.82) is 0 Å². The van der Waals surface area contributed by atoms with Crippen LogP contribution in [0.5, 0.6) is 5.75 Å². The zero-order valence-corrected chi connectivity index (χ0v) is 15.3. The van der Waals surface area contributed by atoms with Crippen LogP contribution in [-0.2, 0) is 11.3 Å². The number of carbonyl (C=O) groups is 1. The molecule has 6 nitrogen and oxygen atoms in total. The smallest absolute Gasteiger partial charge is 0.325 e. The third kappa shape index (κ3) is 5.02. The molecule has 1 aliphatic rings. The molecule has 0 saturated carbocycles. The van der Waals surface area contributed by atoms with Gasteiger partial charge in [-0.2, -0.15) is 0 Å². The molecule has 0 aliphatic carbocycles. The van der Waals surface area contributed by atoms with E-state index in [-0.39, 0.29) is 0 Å². The van der Waals surface area contributed by atoms with Crippen molar-refractivity contribution < 1.29 is 19.0 Å². The van der Waals surface area contributed by atoms with E-state index in [4.69, 9.17) is 4.74 Å². The largest absolute Gasteiger partial charge is 0.494 e. The Morgan fingerprint density at radius 2 is 2.04 bits per heavy atom. The Bertz CT molecular complexity index is 764. The number of rotatable bonds is 7. The Hall–Kier alpha value is -2.51. The van der Waals surface area contributed by atoms with Crippen molar-refractivity contribution in [3.63, 3.8) is 0 Å². The van der Waals surface area contributed by atoms with Crippen LogP contribution in [0.4, 0.5) is 4.39 Å². The highest BCUT2D eigenvalue weighted by Gasteiger charge is 2.31. The summed E-state index contributed by atoms with van der Waals surface area (Å²) < 4.78 is 19.3. The molecule has 1 aromatic carbocycles. The van der Waals surface area contributed by atoms with Gasteiger partial charge in [-0.1, -0.05) is 6.07 Å². The van der Waals surface area contributed by atoms with E-state index >= 15 is 0 Å². The number of nitrogens with zero attached hydrogens (tertiary/aromatic N) is 3. The SMILES string of the molecule is CCOc1cc(F)cc([C@@H](C(=O)O)N2CCN(Cc3ccccn3)CC2)c1. The van der Waals surface area contributed by atoms with Gasteiger partial charge in [-0.3, -0.25) is 19.6 Å². The van der Waals surface area contributed by atoms with Crippen LogP contribution >= 0.6 is 0 Å². The molecule has 27 heavy (non-hydrogen) atoms. The lowest BCUT2D eigenvalue weighted by Gasteiger charge is -2.37. The minimum absolute atomic E-state index is 0.354. The summed E-state index contributed by atoms with van der Waals surface area (Å²) in [5.41, 5.74) is 1.40. The molecule has 1 aromatic heterocycles. The van der Waals surface area contributed by atoms with E-state index in [1.807, 2.05) is 23.1 Å². The van der Waals surface area contributed by atoms with Crippen LogP contribution in [0.25, 0.3) is 0 Å². The molecule has 1 N–H and O–H groups in total. The Kier molecular flexibility index (Phi) is 6.36. The number of piperazine rings is 1. The Labute approximate surface area is 158 Å². The molecule has 0 amide bonds. The highest BCUT2D eigenvalue weighted by atomic mass is 19.1. The molecule has 1 atom stereocenters. The summed E-state index contributed by atoms with van der Waals surface area (Å²) in [4.78, 5) is 20.4. The predicted molar refractivity (Wildman–Crippen MR) is 99.0 cm³/mol. The van der Waals surface area contributed by atoms with Crippen molar-refractivity contribution >= 4 is 5.97 Å². The number of aliphatic carboxylic acids is 1. The van der Waals surface area contributed by atoms with Gasteiger partial charge in [0.1, 0.15) is 17.6 Å². The normalized spacial score (nSPS) is 16.8. The molecule has 2 heterocycles. The third-order valence-electron chi connectivity index (χ3n) is 4.64. The van der Waals surface area contributed by atoms with Crippen LogP contribution < -0.4 is 4.74 Å². The summed E-state index contributed by atoms with van der Waals surface area (Å²) in [5.74, 6) is -1.12. The third-order valence-corrected chi connectivity index (χ3v) is 4.64. The van der Waals surface area contributed by atoms with Crippen molar-refractivity contribution in [3.05, 3.63) is 59.7 Å². The van der Waals surface area contributed by atoms with Crippen LogP contribution in [-0.4, -0.2) is 58.6 Å². The molecular weight excluding hydrogens is 349 g/mol. The number of benzene rings is 1. The molecule has 7 heteroatoms. The van der Waals surface area contributed by atoms with Crippen LogP contribution in [0, 0.1) is 5.82 Å². The number of aromatic nitrogens is 1. The van der Waals surface area contributed by atoms with Crippen molar-refractivity contribution in [2.75, 3.05) is 32.8 Å². The van der Waals surface area contributed by atoms with Gasteiger partial charge in [0, 0.05) is 45.0 Å². The average Bonchev–Trinajstić information content (AvgIpc) is 2.64. The van der Waals surface area contributed by atoms with Gasteiger partial charge in [0.2, 0.25) is 0 Å². The second kappa shape index (κ2) is 8.92. The topological polar surface area (TPSA) is 65.9 Å². The van der Waals surface area contributed by atoms with E-state index in [9.17, 15) is 14.3 Å². The number of halogens is 1.